The van der Waals surface area contributed by atoms with E-state index in [2.05, 4.69) is 18.3 Å². The van der Waals surface area contributed by atoms with E-state index in [1.165, 1.54) is 5.56 Å². The minimum absolute atomic E-state index is 0.127. The van der Waals surface area contributed by atoms with Gasteiger partial charge in [-0.2, -0.15) is 0 Å². The highest BCUT2D eigenvalue weighted by Gasteiger charge is 2.06. The molecule has 0 spiro atoms. The Kier molecular flexibility index (Phi) is 4.73. The zero-order valence-corrected chi connectivity index (χ0v) is 11.2. The van der Waals surface area contributed by atoms with Crippen LogP contribution in [0.15, 0.2) is 54.6 Å². The Labute approximate surface area is 114 Å². The molecule has 0 saturated carbocycles. The number of hydrogen-bond donors (Lipinski definition) is 1. The number of Topliss-reactive ketones (excluding diaryl/α,β-unsaturated/α-hetero) is 1. The number of ketones is 1. The van der Waals surface area contributed by atoms with E-state index >= 15 is 0 Å². The second-order valence-electron chi connectivity index (χ2n) is 4.59. The number of anilines is 1. The van der Waals surface area contributed by atoms with Crippen LogP contribution in [0.1, 0.15) is 29.3 Å². The molecule has 0 atom stereocenters. The van der Waals surface area contributed by atoms with E-state index < -0.39 is 0 Å². The molecule has 0 aliphatic rings. The first-order valence-electron chi connectivity index (χ1n) is 6.70. The van der Waals surface area contributed by atoms with Crippen molar-refractivity contribution in [3.8, 4) is 0 Å². The Balaban J connectivity index is 1.98. The van der Waals surface area contributed by atoms with Crippen LogP contribution < -0.4 is 5.32 Å². The molecule has 0 aliphatic carbocycles. The van der Waals surface area contributed by atoms with Gasteiger partial charge in [-0.1, -0.05) is 49.7 Å². The fraction of sp³-hybridized carbons (Fsp3) is 0.235. The van der Waals surface area contributed by atoms with Crippen LogP contribution in [0.5, 0.6) is 0 Å². The number of para-hydroxylation sites is 1. The van der Waals surface area contributed by atoms with Crippen molar-refractivity contribution in [2.24, 2.45) is 0 Å². The fourth-order valence-corrected chi connectivity index (χ4v) is 2.03. The van der Waals surface area contributed by atoms with Crippen LogP contribution >= 0.6 is 0 Å². The van der Waals surface area contributed by atoms with E-state index in [0.29, 0.717) is 6.54 Å². The first-order chi connectivity index (χ1) is 9.29. The summed E-state index contributed by atoms with van der Waals surface area (Å²) in [5.41, 5.74) is 2.99. The molecular formula is C17H19NO. The zero-order valence-electron chi connectivity index (χ0n) is 11.2. The molecule has 19 heavy (non-hydrogen) atoms. The molecule has 0 radical (unpaired) electrons. The fourth-order valence-electron chi connectivity index (χ4n) is 2.03. The molecule has 2 heteroatoms. The molecule has 0 saturated heterocycles. The number of nitrogens with one attached hydrogen (secondary N) is 1. The summed E-state index contributed by atoms with van der Waals surface area (Å²) < 4.78 is 0. The van der Waals surface area contributed by atoms with Gasteiger partial charge < -0.3 is 5.32 Å². The highest BCUT2D eigenvalue weighted by Crippen LogP contribution is 2.10. The minimum atomic E-state index is 0.127. The summed E-state index contributed by atoms with van der Waals surface area (Å²) in [4.78, 5) is 12.1. The number of benzene rings is 2. The number of rotatable bonds is 6. The van der Waals surface area contributed by atoms with Gasteiger partial charge in [-0.3, -0.25) is 4.79 Å². The van der Waals surface area contributed by atoms with Crippen LogP contribution in [0.3, 0.4) is 0 Å². The van der Waals surface area contributed by atoms with Gasteiger partial charge in [-0.25, -0.2) is 0 Å². The second-order valence-corrected chi connectivity index (χ2v) is 4.59. The molecule has 0 fully saturated rings. The smallest absolute Gasteiger partial charge is 0.181 e. The van der Waals surface area contributed by atoms with E-state index in [1.807, 2.05) is 48.5 Å². The zero-order chi connectivity index (χ0) is 13.5. The third-order valence-corrected chi connectivity index (χ3v) is 3.01. The van der Waals surface area contributed by atoms with Crippen LogP contribution in [-0.2, 0) is 6.42 Å². The topological polar surface area (TPSA) is 29.1 Å². The molecule has 0 heterocycles. The Hall–Kier alpha value is -2.09. The number of carbonyl (C=O) groups excluding carboxylic acids is 1. The second kappa shape index (κ2) is 6.74. The van der Waals surface area contributed by atoms with E-state index in [9.17, 15) is 4.79 Å². The Morgan fingerprint density at radius 3 is 2.58 bits per heavy atom. The molecule has 0 aromatic heterocycles. The molecule has 0 unspecified atom stereocenters. The van der Waals surface area contributed by atoms with Crippen molar-refractivity contribution < 1.29 is 4.79 Å². The molecule has 2 aromatic rings. The molecular weight excluding hydrogens is 234 g/mol. The summed E-state index contributed by atoms with van der Waals surface area (Å²) in [5.74, 6) is 0.127. The van der Waals surface area contributed by atoms with Crippen LogP contribution in [0.25, 0.3) is 0 Å². The quantitative estimate of drug-likeness (QED) is 0.790. The molecule has 0 bridgehead atoms. The van der Waals surface area contributed by atoms with Crippen molar-refractivity contribution in [2.45, 2.75) is 19.8 Å². The third-order valence-electron chi connectivity index (χ3n) is 3.01. The van der Waals surface area contributed by atoms with Crippen LogP contribution in [0, 0.1) is 0 Å². The maximum atomic E-state index is 12.1. The molecule has 2 nitrogen and oxygen atoms in total. The van der Waals surface area contributed by atoms with E-state index in [1.54, 1.807) is 0 Å². The predicted octanol–water partition coefficient (Wildman–Crippen LogP) is 3.93. The van der Waals surface area contributed by atoms with Gasteiger partial charge in [0, 0.05) is 11.3 Å². The van der Waals surface area contributed by atoms with Crippen LogP contribution in [0.2, 0.25) is 0 Å². The number of hydrogen-bond acceptors (Lipinski definition) is 2. The van der Waals surface area contributed by atoms with Crippen LogP contribution in [0.4, 0.5) is 5.69 Å². The molecule has 98 valence electrons. The molecule has 1 N–H and O–H groups in total. The largest absolute Gasteiger partial charge is 0.378 e. The summed E-state index contributed by atoms with van der Waals surface area (Å²) in [7, 11) is 0. The standard InChI is InChI=1S/C17H19NO/c1-2-7-14-8-6-9-15(12-14)17(19)13-18-16-10-4-3-5-11-16/h3-6,8-12,18H,2,7,13H2,1H3. The van der Waals surface area contributed by atoms with E-state index in [-0.39, 0.29) is 5.78 Å². The Morgan fingerprint density at radius 1 is 1.05 bits per heavy atom. The average molecular weight is 253 g/mol. The lowest BCUT2D eigenvalue weighted by Crippen LogP contribution is -2.14. The maximum Gasteiger partial charge on any atom is 0.181 e. The van der Waals surface area contributed by atoms with Crippen molar-refractivity contribution in [3.63, 3.8) is 0 Å². The lowest BCUT2D eigenvalue weighted by Gasteiger charge is -2.07. The first kappa shape index (κ1) is 13.3. The van der Waals surface area contributed by atoms with Gasteiger partial charge in [0.2, 0.25) is 0 Å². The minimum Gasteiger partial charge on any atom is -0.378 e. The van der Waals surface area contributed by atoms with E-state index in [4.69, 9.17) is 0 Å². The Bertz CT molecular complexity index is 534. The summed E-state index contributed by atoms with van der Waals surface area (Å²) in [6.07, 6.45) is 2.12. The van der Waals surface area contributed by atoms with Crippen molar-refractivity contribution >= 4 is 11.5 Å². The normalized spacial score (nSPS) is 10.2. The SMILES string of the molecule is CCCc1cccc(C(=O)CNc2ccccc2)c1. The average Bonchev–Trinajstić information content (AvgIpc) is 2.46. The first-order valence-corrected chi connectivity index (χ1v) is 6.70. The number of carbonyl (C=O) groups is 1. The molecule has 2 aromatic carbocycles. The molecule has 2 rings (SSSR count). The van der Waals surface area contributed by atoms with Crippen molar-refractivity contribution in [1.29, 1.82) is 0 Å². The molecule has 0 amide bonds. The maximum absolute atomic E-state index is 12.1. The van der Waals surface area contributed by atoms with Gasteiger partial charge >= 0.3 is 0 Å². The Morgan fingerprint density at radius 2 is 1.84 bits per heavy atom. The predicted molar refractivity (Wildman–Crippen MR) is 79.7 cm³/mol. The van der Waals surface area contributed by atoms with Gasteiger partial charge in [-0.05, 0) is 30.2 Å². The lowest BCUT2D eigenvalue weighted by atomic mass is 10.0. The molecule has 0 aliphatic heterocycles. The van der Waals surface area contributed by atoms with Crippen LogP contribution in [-0.4, -0.2) is 12.3 Å². The highest BCUT2D eigenvalue weighted by atomic mass is 16.1. The van der Waals surface area contributed by atoms with Gasteiger partial charge in [-0.15, -0.1) is 0 Å². The van der Waals surface area contributed by atoms with E-state index in [0.717, 1.165) is 24.1 Å². The summed E-state index contributed by atoms with van der Waals surface area (Å²) >= 11 is 0. The summed E-state index contributed by atoms with van der Waals surface area (Å²) in [6.45, 7) is 2.48. The van der Waals surface area contributed by atoms with Gasteiger partial charge in [0.25, 0.3) is 0 Å². The van der Waals surface area contributed by atoms with Crippen molar-refractivity contribution in [3.05, 3.63) is 65.7 Å². The van der Waals surface area contributed by atoms with Gasteiger partial charge in [0.05, 0.1) is 6.54 Å². The summed E-state index contributed by atoms with van der Waals surface area (Å²) in [5, 5.41) is 3.14. The third kappa shape index (κ3) is 3.95. The summed E-state index contributed by atoms with van der Waals surface area (Å²) in [6, 6.07) is 17.7. The van der Waals surface area contributed by atoms with Crippen molar-refractivity contribution in [1.82, 2.24) is 0 Å². The van der Waals surface area contributed by atoms with Gasteiger partial charge in [0.15, 0.2) is 5.78 Å². The monoisotopic (exact) mass is 253 g/mol. The highest BCUT2D eigenvalue weighted by molar-refractivity contribution is 5.99. The van der Waals surface area contributed by atoms with Gasteiger partial charge in [0.1, 0.15) is 0 Å². The number of aryl methyl sites for hydroxylation is 1. The lowest BCUT2D eigenvalue weighted by molar-refractivity contribution is 0.101. The van der Waals surface area contributed by atoms with Crippen molar-refractivity contribution in [2.75, 3.05) is 11.9 Å².